The lowest BCUT2D eigenvalue weighted by Gasteiger charge is -2.04. The third kappa shape index (κ3) is 14.4. The largest absolute Gasteiger partial charge is 0.332 e. The molecule has 0 aromatic heterocycles. The normalized spacial score (nSPS) is 17.5. The van der Waals surface area contributed by atoms with Gasteiger partial charge in [0.25, 0.3) is 0 Å². The lowest BCUT2D eigenvalue weighted by atomic mass is 11.0. The second kappa shape index (κ2) is 9.59. The Hall–Kier alpha value is 0.380. The van der Waals surface area contributed by atoms with Crippen LogP contribution < -0.4 is 0 Å². The zero-order valence-corrected chi connectivity index (χ0v) is 11.7. The molecule has 0 heterocycles. The molecule has 96 valence electrons. The molecule has 0 aromatic rings. The van der Waals surface area contributed by atoms with Gasteiger partial charge in [-0.1, -0.05) is 21.3 Å². The molecule has 6 heteroatoms. The second-order valence-electron chi connectivity index (χ2n) is 3.03. The SMILES string of the molecule is C.CCP(C)(=O)OC.CCP(C)(=O)OC. The van der Waals surface area contributed by atoms with Gasteiger partial charge in [0.15, 0.2) is 14.7 Å². The number of hydrogen-bond donors (Lipinski definition) is 0. The molecule has 0 spiro atoms. The maximum absolute atomic E-state index is 10.7. The Kier molecular flexibility index (Phi) is 13.3. The van der Waals surface area contributed by atoms with E-state index in [0.29, 0.717) is 12.3 Å². The van der Waals surface area contributed by atoms with Gasteiger partial charge < -0.3 is 9.05 Å². The Bertz CT molecular complexity index is 188. The maximum atomic E-state index is 10.7. The van der Waals surface area contributed by atoms with Crippen LogP contribution in [0.5, 0.6) is 0 Å². The molecule has 4 nitrogen and oxygen atoms in total. The Morgan fingerprint density at radius 1 is 0.867 bits per heavy atom. The highest BCUT2D eigenvalue weighted by molar-refractivity contribution is 7.58. The van der Waals surface area contributed by atoms with Gasteiger partial charge in [0.2, 0.25) is 0 Å². The van der Waals surface area contributed by atoms with E-state index in [1.54, 1.807) is 13.3 Å². The van der Waals surface area contributed by atoms with E-state index in [9.17, 15) is 9.13 Å². The molecule has 0 saturated carbocycles. The average Bonchev–Trinajstić information content (AvgIpc) is 2.19. The van der Waals surface area contributed by atoms with E-state index >= 15 is 0 Å². The van der Waals surface area contributed by atoms with Gasteiger partial charge in [-0.3, -0.25) is 9.13 Å². The Balaban J connectivity index is -0.000000180. The fourth-order valence-corrected chi connectivity index (χ4v) is 0.775. The Labute approximate surface area is 94.7 Å². The molecule has 0 amide bonds. The fourth-order valence-electron chi connectivity index (χ4n) is 0.258. The van der Waals surface area contributed by atoms with E-state index in [0.717, 1.165) is 0 Å². The smallest absolute Gasteiger partial charge is 0.199 e. The van der Waals surface area contributed by atoms with Gasteiger partial charge in [0.05, 0.1) is 0 Å². The number of hydrogen-bond acceptors (Lipinski definition) is 4. The lowest BCUT2D eigenvalue weighted by molar-refractivity contribution is 0.399. The minimum absolute atomic E-state index is 0. The summed E-state index contributed by atoms with van der Waals surface area (Å²) in [5.41, 5.74) is 0. The third-order valence-corrected chi connectivity index (χ3v) is 5.76. The highest BCUT2D eigenvalue weighted by atomic mass is 31.2. The first-order valence-corrected chi connectivity index (χ1v) is 9.00. The van der Waals surface area contributed by atoms with Crippen LogP contribution >= 0.6 is 14.7 Å². The molecule has 2 atom stereocenters. The minimum atomic E-state index is -2.15. The summed E-state index contributed by atoms with van der Waals surface area (Å²) in [6, 6.07) is 0. The first kappa shape index (κ1) is 20.8. The van der Waals surface area contributed by atoms with Crippen LogP contribution in [0, 0.1) is 0 Å². The van der Waals surface area contributed by atoms with E-state index in [1.165, 1.54) is 14.2 Å². The molecule has 0 rings (SSSR count). The summed E-state index contributed by atoms with van der Waals surface area (Å²) in [5, 5.41) is 0. The molecule has 0 saturated heterocycles. The zero-order valence-electron chi connectivity index (χ0n) is 9.94. The van der Waals surface area contributed by atoms with Crippen LogP contribution in [0.1, 0.15) is 21.3 Å². The van der Waals surface area contributed by atoms with Crippen molar-refractivity contribution in [1.82, 2.24) is 0 Å². The topological polar surface area (TPSA) is 52.6 Å². The molecule has 0 aliphatic carbocycles. The molecular formula is C9H26O4P2. The van der Waals surface area contributed by atoms with E-state index < -0.39 is 14.7 Å². The van der Waals surface area contributed by atoms with Gasteiger partial charge in [-0.15, -0.1) is 0 Å². The van der Waals surface area contributed by atoms with Crippen molar-refractivity contribution >= 4 is 14.7 Å². The molecule has 0 fully saturated rings. The first-order valence-electron chi connectivity index (χ1n) is 4.49. The monoisotopic (exact) mass is 260 g/mol. The van der Waals surface area contributed by atoms with Gasteiger partial charge in [-0.05, 0) is 0 Å². The minimum Gasteiger partial charge on any atom is -0.332 e. The summed E-state index contributed by atoms with van der Waals surface area (Å²) in [6.07, 6.45) is 1.26. The van der Waals surface area contributed by atoms with Gasteiger partial charge in [-0.25, -0.2) is 0 Å². The molecule has 0 aliphatic rings. The van der Waals surface area contributed by atoms with Crippen molar-refractivity contribution in [2.75, 3.05) is 39.9 Å². The van der Waals surface area contributed by atoms with Crippen molar-refractivity contribution in [1.29, 1.82) is 0 Å². The van der Waals surface area contributed by atoms with Gasteiger partial charge in [0.1, 0.15) is 0 Å². The highest BCUT2D eigenvalue weighted by Crippen LogP contribution is 2.40. The predicted molar refractivity (Wildman–Crippen MR) is 68.9 cm³/mol. The van der Waals surface area contributed by atoms with Crippen LogP contribution in [-0.4, -0.2) is 39.9 Å². The first-order chi connectivity index (χ1) is 6.24. The average molecular weight is 260 g/mol. The Morgan fingerprint density at radius 2 is 1.07 bits per heavy atom. The second-order valence-corrected chi connectivity index (χ2v) is 9.08. The Morgan fingerprint density at radius 3 is 1.07 bits per heavy atom. The predicted octanol–water partition coefficient (Wildman–Crippen LogP) is 3.76. The van der Waals surface area contributed by atoms with Crippen LogP contribution in [0.3, 0.4) is 0 Å². The molecule has 0 aromatic carbocycles. The quantitative estimate of drug-likeness (QED) is 0.722. The number of rotatable bonds is 4. The van der Waals surface area contributed by atoms with E-state index in [1.807, 2.05) is 13.8 Å². The van der Waals surface area contributed by atoms with E-state index in [4.69, 9.17) is 0 Å². The standard InChI is InChI=1S/2C4H11O2P.CH4/c2*1-4-7(3,5)6-2;/h2*4H2,1-3H3;1H4. The lowest BCUT2D eigenvalue weighted by Crippen LogP contribution is -1.82. The summed E-state index contributed by atoms with van der Waals surface area (Å²) in [4.78, 5) is 0. The van der Waals surface area contributed by atoms with Crippen LogP contribution in [0.15, 0.2) is 0 Å². The van der Waals surface area contributed by atoms with Crippen molar-refractivity contribution in [2.45, 2.75) is 21.3 Å². The summed E-state index contributed by atoms with van der Waals surface area (Å²) in [5.74, 6) is 0. The van der Waals surface area contributed by atoms with Crippen LogP contribution in [0.25, 0.3) is 0 Å². The maximum Gasteiger partial charge on any atom is 0.199 e. The van der Waals surface area contributed by atoms with Crippen LogP contribution in [0.2, 0.25) is 0 Å². The molecule has 0 radical (unpaired) electrons. The summed E-state index contributed by atoms with van der Waals surface area (Å²) in [7, 11) is -1.36. The third-order valence-electron chi connectivity index (χ3n) is 1.92. The molecule has 0 N–H and O–H groups in total. The molecule has 0 bridgehead atoms. The van der Waals surface area contributed by atoms with E-state index in [2.05, 4.69) is 9.05 Å². The molecule has 15 heavy (non-hydrogen) atoms. The molecule has 2 unspecified atom stereocenters. The zero-order chi connectivity index (χ0) is 11.8. The van der Waals surface area contributed by atoms with Crippen molar-refractivity contribution in [3.63, 3.8) is 0 Å². The van der Waals surface area contributed by atoms with Crippen molar-refractivity contribution < 1.29 is 18.2 Å². The van der Waals surface area contributed by atoms with Crippen molar-refractivity contribution in [3.05, 3.63) is 0 Å². The molecular weight excluding hydrogens is 234 g/mol. The summed E-state index contributed by atoms with van der Waals surface area (Å²) in [6.45, 7) is 6.97. The summed E-state index contributed by atoms with van der Waals surface area (Å²) < 4.78 is 30.7. The van der Waals surface area contributed by atoms with E-state index in [-0.39, 0.29) is 7.43 Å². The summed E-state index contributed by atoms with van der Waals surface area (Å²) >= 11 is 0. The van der Waals surface area contributed by atoms with Crippen LogP contribution in [-0.2, 0) is 18.2 Å². The highest BCUT2D eigenvalue weighted by Gasteiger charge is 2.07. The molecule has 0 aliphatic heterocycles. The van der Waals surface area contributed by atoms with Crippen molar-refractivity contribution in [3.8, 4) is 0 Å². The van der Waals surface area contributed by atoms with Gasteiger partial charge in [-0.2, -0.15) is 0 Å². The van der Waals surface area contributed by atoms with Gasteiger partial charge >= 0.3 is 0 Å². The fraction of sp³-hybridized carbons (Fsp3) is 1.00. The van der Waals surface area contributed by atoms with Crippen molar-refractivity contribution in [2.24, 2.45) is 0 Å². The van der Waals surface area contributed by atoms with Gasteiger partial charge in [0, 0.05) is 39.9 Å². The van der Waals surface area contributed by atoms with Crippen LogP contribution in [0.4, 0.5) is 0 Å².